The molecular formula is C17H16BrN3. The summed E-state index contributed by atoms with van der Waals surface area (Å²) >= 11 is 3.54. The van der Waals surface area contributed by atoms with E-state index in [-0.39, 0.29) is 0 Å². The number of halogens is 1. The molecule has 0 saturated heterocycles. The highest BCUT2D eigenvalue weighted by atomic mass is 79.9. The number of nitrogens with one attached hydrogen (secondary N) is 2. The number of rotatable bonds is 2. The van der Waals surface area contributed by atoms with Crippen LogP contribution in [0.4, 0.5) is 5.69 Å². The zero-order valence-electron chi connectivity index (χ0n) is 11.8. The number of hydrogen-bond acceptors (Lipinski definition) is 2. The van der Waals surface area contributed by atoms with E-state index in [0.29, 0.717) is 5.92 Å². The van der Waals surface area contributed by atoms with Gasteiger partial charge in [-0.2, -0.15) is 0 Å². The minimum Gasteiger partial charge on any atom is -0.384 e. The summed E-state index contributed by atoms with van der Waals surface area (Å²) in [7, 11) is 0. The number of imidazole rings is 1. The van der Waals surface area contributed by atoms with Crippen molar-refractivity contribution in [3.8, 4) is 0 Å². The molecule has 106 valence electrons. The van der Waals surface area contributed by atoms with Crippen LogP contribution in [0, 0.1) is 6.92 Å². The summed E-state index contributed by atoms with van der Waals surface area (Å²) < 4.78 is 1.09. The second kappa shape index (κ2) is 4.88. The van der Waals surface area contributed by atoms with E-state index in [2.05, 4.69) is 69.6 Å². The van der Waals surface area contributed by atoms with Crippen molar-refractivity contribution >= 4 is 32.7 Å². The Morgan fingerprint density at radius 1 is 1.29 bits per heavy atom. The Kier molecular flexibility index (Phi) is 3.00. The van der Waals surface area contributed by atoms with Crippen molar-refractivity contribution in [1.29, 1.82) is 0 Å². The summed E-state index contributed by atoms with van der Waals surface area (Å²) in [5.74, 6) is 1.56. The maximum Gasteiger partial charge on any atom is 0.107 e. The van der Waals surface area contributed by atoms with Gasteiger partial charge >= 0.3 is 0 Å². The summed E-state index contributed by atoms with van der Waals surface area (Å²) in [5.41, 5.74) is 6.05. The predicted octanol–water partition coefficient (Wildman–Crippen LogP) is 4.39. The second-order valence-corrected chi connectivity index (χ2v) is 6.59. The van der Waals surface area contributed by atoms with Gasteiger partial charge in [-0.05, 0) is 36.2 Å². The number of hydrogen-bond donors (Lipinski definition) is 2. The molecule has 1 aliphatic rings. The molecule has 2 heterocycles. The number of fused-ring (bicyclic) bond motifs is 2. The summed E-state index contributed by atoms with van der Waals surface area (Å²) in [6.45, 7) is 3.09. The Balaban J connectivity index is 1.68. The molecule has 0 saturated carbocycles. The van der Waals surface area contributed by atoms with Crippen LogP contribution in [-0.4, -0.2) is 16.5 Å². The largest absolute Gasteiger partial charge is 0.384 e. The van der Waals surface area contributed by atoms with Crippen LogP contribution in [0.1, 0.15) is 22.9 Å². The molecule has 0 spiro atoms. The summed E-state index contributed by atoms with van der Waals surface area (Å²) in [4.78, 5) is 8.25. The number of anilines is 1. The van der Waals surface area contributed by atoms with Crippen molar-refractivity contribution in [2.24, 2.45) is 0 Å². The monoisotopic (exact) mass is 341 g/mol. The van der Waals surface area contributed by atoms with Crippen LogP contribution in [0.25, 0.3) is 11.0 Å². The van der Waals surface area contributed by atoms with Crippen molar-refractivity contribution in [3.63, 3.8) is 0 Å². The minimum absolute atomic E-state index is 0.491. The number of aryl methyl sites for hydroxylation is 1. The standard InChI is InChI=1S/C17H16BrN3/c1-10-6-12(18)8-15-17(10)21-16(20-15)7-11-9-19-14-5-3-2-4-13(11)14/h2-6,8,11,19H,7,9H2,1H3,(H,20,21). The molecule has 3 aromatic rings. The van der Waals surface area contributed by atoms with Gasteiger partial charge < -0.3 is 10.3 Å². The summed E-state index contributed by atoms with van der Waals surface area (Å²) in [5, 5.41) is 3.48. The van der Waals surface area contributed by atoms with Gasteiger partial charge in [0.2, 0.25) is 0 Å². The van der Waals surface area contributed by atoms with Gasteiger partial charge in [-0.25, -0.2) is 4.98 Å². The van der Waals surface area contributed by atoms with E-state index >= 15 is 0 Å². The molecule has 21 heavy (non-hydrogen) atoms. The third-order valence-electron chi connectivity index (χ3n) is 4.17. The highest BCUT2D eigenvalue weighted by Gasteiger charge is 2.23. The first-order valence-corrected chi connectivity index (χ1v) is 7.97. The van der Waals surface area contributed by atoms with E-state index in [1.54, 1.807) is 0 Å². The van der Waals surface area contributed by atoms with E-state index in [1.165, 1.54) is 16.8 Å². The smallest absolute Gasteiger partial charge is 0.107 e. The molecule has 3 nitrogen and oxygen atoms in total. The van der Waals surface area contributed by atoms with E-state index in [1.807, 2.05) is 0 Å². The van der Waals surface area contributed by atoms with Crippen molar-refractivity contribution in [3.05, 3.63) is 57.8 Å². The zero-order valence-corrected chi connectivity index (χ0v) is 13.4. The minimum atomic E-state index is 0.491. The van der Waals surface area contributed by atoms with Crippen molar-refractivity contribution in [1.82, 2.24) is 9.97 Å². The molecule has 1 aromatic heterocycles. The number of benzene rings is 2. The lowest BCUT2D eigenvalue weighted by Gasteiger charge is -2.07. The SMILES string of the molecule is Cc1cc(Br)cc2[nH]c(CC3CNc4ccccc43)nc12. The van der Waals surface area contributed by atoms with Crippen LogP contribution in [0.15, 0.2) is 40.9 Å². The Morgan fingerprint density at radius 2 is 2.14 bits per heavy atom. The lowest BCUT2D eigenvalue weighted by atomic mass is 9.98. The first-order chi connectivity index (χ1) is 10.2. The second-order valence-electron chi connectivity index (χ2n) is 5.67. The fourth-order valence-corrected chi connectivity index (χ4v) is 3.74. The average molecular weight is 342 g/mol. The van der Waals surface area contributed by atoms with Gasteiger partial charge in [0.25, 0.3) is 0 Å². The Bertz CT molecular complexity index is 822. The predicted molar refractivity (Wildman–Crippen MR) is 89.9 cm³/mol. The van der Waals surface area contributed by atoms with E-state index in [4.69, 9.17) is 4.98 Å². The third-order valence-corrected chi connectivity index (χ3v) is 4.63. The number of aromatic amines is 1. The molecule has 4 heteroatoms. The van der Waals surface area contributed by atoms with Crippen LogP contribution in [0.3, 0.4) is 0 Å². The highest BCUT2D eigenvalue weighted by molar-refractivity contribution is 9.10. The molecule has 0 fully saturated rings. The van der Waals surface area contributed by atoms with E-state index in [0.717, 1.165) is 34.3 Å². The lowest BCUT2D eigenvalue weighted by molar-refractivity contribution is 0.723. The van der Waals surface area contributed by atoms with Crippen molar-refractivity contribution in [2.75, 3.05) is 11.9 Å². The van der Waals surface area contributed by atoms with Gasteiger partial charge in [0.15, 0.2) is 0 Å². The van der Waals surface area contributed by atoms with E-state index < -0.39 is 0 Å². The van der Waals surface area contributed by atoms with Crippen molar-refractivity contribution < 1.29 is 0 Å². The van der Waals surface area contributed by atoms with Crippen LogP contribution in [0.2, 0.25) is 0 Å². The molecule has 0 aliphatic carbocycles. The molecule has 0 amide bonds. The zero-order chi connectivity index (χ0) is 14.4. The topological polar surface area (TPSA) is 40.7 Å². The number of para-hydroxylation sites is 1. The molecule has 2 aromatic carbocycles. The van der Waals surface area contributed by atoms with Crippen LogP contribution >= 0.6 is 15.9 Å². The number of H-pyrrole nitrogens is 1. The van der Waals surface area contributed by atoms with Crippen LogP contribution in [-0.2, 0) is 6.42 Å². The number of aromatic nitrogens is 2. The molecule has 4 rings (SSSR count). The Morgan fingerprint density at radius 3 is 3.05 bits per heavy atom. The quantitative estimate of drug-likeness (QED) is 0.725. The Hall–Kier alpha value is -1.81. The van der Waals surface area contributed by atoms with Crippen LogP contribution in [0.5, 0.6) is 0 Å². The van der Waals surface area contributed by atoms with Gasteiger partial charge in [0.05, 0.1) is 11.0 Å². The fraction of sp³-hybridized carbons (Fsp3) is 0.235. The first kappa shape index (κ1) is 12.9. The molecule has 1 unspecified atom stereocenters. The maximum atomic E-state index is 4.79. The molecule has 1 aliphatic heterocycles. The third kappa shape index (κ3) is 2.23. The molecule has 0 radical (unpaired) electrons. The van der Waals surface area contributed by atoms with Gasteiger partial charge in [0.1, 0.15) is 5.82 Å². The Labute approximate surface area is 131 Å². The van der Waals surface area contributed by atoms with E-state index in [9.17, 15) is 0 Å². The summed E-state index contributed by atoms with van der Waals surface area (Å²) in [6, 6.07) is 12.8. The van der Waals surface area contributed by atoms with Crippen molar-refractivity contribution in [2.45, 2.75) is 19.3 Å². The maximum absolute atomic E-state index is 4.79. The molecular weight excluding hydrogens is 326 g/mol. The van der Waals surface area contributed by atoms with Crippen LogP contribution < -0.4 is 5.32 Å². The van der Waals surface area contributed by atoms with Gasteiger partial charge in [-0.1, -0.05) is 34.1 Å². The molecule has 1 atom stereocenters. The fourth-order valence-electron chi connectivity index (χ4n) is 3.17. The highest BCUT2D eigenvalue weighted by Crippen LogP contribution is 2.33. The molecule has 0 bridgehead atoms. The first-order valence-electron chi connectivity index (χ1n) is 7.18. The summed E-state index contributed by atoms with van der Waals surface area (Å²) in [6.07, 6.45) is 0.940. The van der Waals surface area contributed by atoms with Gasteiger partial charge in [0, 0.05) is 29.0 Å². The lowest BCUT2D eigenvalue weighted by Crippen LogP contribution is -2.06. The molecule has 2 N–H and O–H groups in total. The normalized spacial score (nSPS) is 17.0. The average Bonchev–Trinajstić information content (AvgIpc) is 3.04. The van der Waals surface area contributed by atoms with Gasteiger partial charge in [-0.15, -0.1) is 0 Å². The van der Waals surface area contributed by atoms with Gasteiger partial charge in [-0.3, -0.25) is 0 Å². The number of nitrogens with zero attached hydrogens (tertiary/aromatic N) is 1.